The van der Waals surface area contributed by atoms with Crippen LogP contribution in [-0.2, 0) is 0 Å². The molecular weight excluding hydrogens is 92.1 g/mol. The van der Waals surface area contributed by atoms with Gasteiger partial charge in [0, 0.05) is 7.05 Å². The third-order valence-electron chi connectivity index (χ3n) is 0.907. The van der Waals surface area contributed by atoms with Crippen molar-refractivity contribution in [2.24, 2.45) is 0 Å². The Labute approximate surface area is 41.9 Å². The number of hydrogen-bond acceptors (Lipinski definition) is 3. The molecule has 0 aromatic rings. The molecule has 0 aromatic carbocycles. The van der Waals surface area contributed by atoms with Gasteiger partial charge in [-0.1, -0.05) is 0 Å². The Balaban J connectivity index is 2.48. The lowest BCUT2D eigenvalue weighted by Crippen LogP contribution is -2.33. The van der Waals surface area contributed by atoms with Crippen LogP contribution in [0.15, 0.2) is 0 Å². The molecule has 0 spiro atoms. The summed E-state index contributed by atoms with van der Waals surface area (Å²) in [5.74, 6) is 0.569. The van der Waals surface area contributed by atoms with Crippen molar-refractivity contribution in [2.75, 3.05) is 13.6 Å². The minimum Gasteiger partial charge on any atom is -0.286 e. The van der Waals surface area contributed by atoms with E-state index in [4.69, 9.17) is 5.41 Å². The molecule has 4 nitrogen and oxygen atoms in total. The Morgan fingerprint density at radius 1 is 1.86 bits per heavy atom. The molecule has 1 fully saturated rings. The first-order chi connectivity index (χ1) is 3.30. The van der Waals surface area contributed by atoms with Gasteiger partial charge in [-0.05, 0) is 0 Å². The number of amidine groups is 1. The first kappa shape index (κ1) is 4.55. The fourth-order valence-electron chi connectivity index (χ4n) is 0.428. The van der Waals surface area contributed by atoms with E-state index in [0.717, 1.165) is 0 Å². The normalized spacial score (nSPS) is 21.3. The summed E-state index contributed by atoms with van der Waals surface area (Å²) in [4.78, 5) is 0. The van der Waals surface area contributed by atoms with Crippen LogP contribution in [0.4, 0.5) is 0 Å². The summed E-state index contributed by atoms with van der Waals surface area (Å²) in [5, 5.41) is 8.68. The van der Waals surface area contributed by atoms with Gasteiger partial charge in [0.25, 0.3) is 0 Å². The molecular formula is C3H8N4. The second kappa shape index (κ2) is 1.48. The molecule has 0 atom stereocenters. The third-order valence-corrected chi connectivity index (χ3v) is 0.907. The van der Waals surface area contributed by atoms with Crippen LogP contribution in [0.3, 0.4) is 0 Å². The molecule has 0 amide bonds. The number of likely N-dealkylation sites (N-methyl/N-ethyl adjacent to an activating group) is 1. The number of nitrogens with one attached hydrogen (secondary N) is 3. The number of hydrogen-bond donors (Lipinski definition) is 3. The molecule has 4 heteroatoms. The predicted octanol–water partition coefficient (Wildman–Crippen LogP) is -1.08. The zero-order chi connectivity index (χ0) is 5.28. The minimum atomic E-state index is 0.569. The van der Waals surface area contributed by atoms with Crippen molar-refractivity contribution in [3.8, 4) is 0 Å². The van der Waals surface area contributed by atoms with Crippen LogP contribution in [-0.4, -0.2) is 24.4 Å². The number of rotatable bonds is 0. The highest BCUT2D eigenvalue weighted by Gasteiger charge is 2.08. The van der Waals surface area contributed by atoms with E-state index >= 15 is 0 Å². The van der Waals surface area contributed by atoms with Crippen LogP contribution in [0.25, 0.3) is 0 Å². The molecule has 7 heavy (non-hydrogen) atoms. The van der Waals surface area contributed by atoms with Crippen molar-refractivity contribution < 1.29 is 0 Å². The third kappa shape index (κ3) is 0.703. The van der Waals surface area contributed by atoms with Gasteiger partial charge >= 0.3 is 0 Å². The molecule has 3 N–H and O–H groups in total. The second-order valence-corrected chi connectivity index (χ2v) is 1.47. The van der Waals surface area contributed by atoms with Gasteiger partial charge in [-0.2, -0.15) is 5.53 Å². The molecule has 0 aliphatic carbocycles. The van der Waals surface area contributed by atoms with E-state index < -0.39 is 0 Å². The SMILES string of the molecule is CN1NNCC1=N. The van der Waals surface area contributed by atoms with Crippen molar-refractivity contribution in [1.29, 1.82) is 5.41 Å². The zero-order valence-corrected chi connectivity index (χ0v) is 4.15. The highest BCUT2D eigenvalue weighted by Crippen LogP contribution is 1.80. The van der Waals surface area contributed by atoms with Gasteiger partial charge in [0.2, 0.25) is 0 Å². The van der Waals surface area contributed by atoms with Gasteiger partial charge in [-0.3, -0.25) is 10.4 Å². The van der Waals surface area contributed by atoms with Crippen LogP contribution in [0.5, 0.6) is 0 Å². The fraction of sp³-hybridized carbons (Fsp3) is 0.667. The van der Waals surface area contributed by atoms with Gasteiger partial charge in [0.05, 0.1) is 6.54 Å². The van der Waals surface area contributed by atoms with Crippen LogP contribution in [0.1, 0.15) is 0 Å². The topological polar surface area (TPSA) is 51.1 Å². The van der Waals surface area contributed by atoms with E-state index in [0.29, 0.717) is 12.4 Å². The Morgan fingerprint density at radius 3 is 2.71 bits per heavy atom. The molecule has 0 unspecified atom stereocenters. The smallest absolute Gasteiger partial charge is 0.127 e. The predicted molar refractivity (Wildman–Crippen MR) is 26.6 cm³/mol. The molecule has 1 aliphatic heterocycles. The van der Waals surface area contributed by atoms with Gasteiger partial charge in [0.15, 0.2) is 0 Å². The van der Waals surface area contributed by atoms with E-state index in [1.807, 2.05) is 0 Å². The summed E-state index contributed by atoms with van der Waals surface area (Å²) in [5.41, 5.74) is 5.50. The molecule has 0 radical (unpaired) electrons. The van der Waals surface area contributed by atoms with E-state index in [1.165, 1.54) is 0 Å². The zero-order valence-electron chi connectivity index (χ0n) is 4.15. The van der Waals surface area contributed by atoms with Gasteiger partial charge in [-0.25, -0.2) is 5.43 Å². The first-order valence-corrected chi connectivity index (χ1v) is 2.10. The van der Waals surface area contributed by atoms with Crippen molar-refractivity contribution in [1.82, 2.24) is 16.0 Å². The van der Waals surface area contributed by atoms with E-state index in [9.17, 15) is 0 Å². The van der Waals surface area contributed by atoms with Gasteiger partial charge < -0.3 is 0 Å². The summed E-state index contributed by atoms with van der Waals surface area (Å²) in [6.07, 6.45) is 0. The average molecular weight is 100 g/mol. The maximum Gasteiger partial charge on any atom is 0.127 e. The van der Waals surface area contributed by atoms with E-state index in [1.54, 1.807) is 12.1 Å². The lowest BCUT2D eigenvalue weighted by molar-refractivity contribution is 0.363. The minimum absolute atomic E-state index is 0.569. The van der Waals surface area contributed by atoms with Crippen LogP contribution in [0, 0.1) is 5.41 Å². The number of hydrazine groups is 2. The van der Waals surface area contributed by atoms with Gasteiger partial charge in [-0.15, -0.1) is 0 Å². The summed E-state index contributed by atoms with van der Waals surface area (Å²) in [6, 6.07) is 0. The maximum absolute atomic E-state index is 7.06. The number of nitrogens with zero attached hydrogens (tertiary/aromatic N) is 1. The monoisotopic (exact) mass is 100 g/mol. The van der Waals surface area contributed by atoms with E-state index in [-0.39, 0.29) is 0 Å². The van der Waals surface area contributed by atoms with E-state index in [2.05, 4.69) is 11.0 Å². The first-order valence-electron chi connectivity index (χ1n) is 2.10. The quantitative estimate of drug-likeness (QED) is 0.363. The summed E-state index contributed by atoms with van der Waals surface area (Å²) < 4.78 is 0. The molecule has 0 aromatic heterocycles. The molecule has 0 bridgehead atoms. The van der Waals surface area contributed by atoms with Crippen molar-refractivity contribution >= 4 is 5.84 Å². The molecule has 1 heterocycles. The molecule has 40 valence electrons. The lowest BCUT2D eigenvalue weighted by atomic mass is 10.6. The molecule has 1 rings (SSSR count). The van der Waals surface area contributed by atoms with Crippen molar-refractivity contribution in [3.63, 3.8) is 0 Å². The Hall–Kier alpha value is -0.610. The molecule has 1 saturated heterocycles. The van der Waals surface area contributed by atoms with Crippen LogP contribution in [0.2, 0.25) is 0 Å². The molecule has 1 aliphatic rings. The lowest BCUT2D eigenvalue weighted by Gasteiger charge is -2.05. The highest BCUT2D eigenvalue weighted by atomic mass is 15.7. The second-order valence-electron chi connectivity index (χ2n) is 1.47. The summed E-state index contributed by atoms with van der Waals surface area (Å²) >= 11 is 0. The van der Waals surface area contributed by atoms with Crippen molar-refractivity contribution in [2.45, 2.75) is 0 Å². The van der Waals surface area contributed by atoms with Crippen molar-refractivity contribution in [3.05, 3.63) is 0 Å². The highest BCUT2D eigenvalue weighted by molar-refractivity contribution is 5.81. The average Bonchev–Trinajstić information content (AvgIpc) is 1.91. The summed E-state index contributed by atoms with van der Waals surface area (Å²) in [7, 11) is 1.79. The van der Waals surface area contributed by atoms with Crippen LogP contribution >= 0.6 is 0 Å². The van der Waals surface area contributed by atoms with Gasteiger partial charge in [0.1, 0.15) is 5.84 Å². The summed E-state index contributed by atoms with van der Waals surface area (Å²) in [6.45, 7) is 0.622. The Bertz CT molecular complexity index is 88.9. The standard InChI is InChI=1S/C3H8N4/c1-7-3(4)2-5-6-7/h4-6H,2H2,1H3. The Morgan fingerprint density at radius 2 is 2.57 bits per heavy atom. The maximum atomic E-state index is 7.06. The van der Waals surface area contributed by atoms with Crippen LogP contribution < -0.4 is 11.0 Å². The largest absolute Gasteiger partial charge is 0.286 e. The Kier molecular flexibility index (Phi) is 0.958. The molecule has 0 saturated carbocycles. The fourth-order valence-corrected chi connectivity index (χ4v) is 0.428.